The molecule has 0 aliphatic carbocycles. The van der Waals surface area contributed by atoms with Crippen LogP contribution in [0.4, 0.5) is 0 Å². The molecule has 0 aliphatic rings. The fourth-order valence-corrected chi connectivity index (χ4v) is 2.34. The molecule has 1 aromatic rings. The lowest BCUT2D eigenvalue weighted by atomic mass is 9.87. The van der Waals surface area contributed by atoms with Crippen molar-refractivity contribution in [3.63, 3.8) is 0 Å². The fraction of sp³-hybridized carbons (Fsp3) is 0.600. The van der Waals surface area contributed by atoms with E-state index in [1.807, 2.05) is 26.0 Å². The van der Waals surface area contributed by atoms with Crippen LogP contribution in [0.2, 0.25) is 0 Å². The van der Waals surface area contributed by atoms with Crippen molar-refractivity contribution < 1.29 is 14.6 Å². The van der Waals surface area contributed by atoms with Crippen LogP contribution in [0.1, 0.15) is 29.5 Å². The van der Waals surface area contributed by atoms with Gasteiger partial charge in [0.2, 0.25) is 0 Å². The molecule has 0 saturated carbocycles. The Kier molecular flexibility index (Phi) is 5.79. The first-order chi connectivity index (χ1) is 9.00. The minimum atomic E-state index is -1.06. The van der Waals surface area contributed by atoms with Crippen molar-refractivity contribution in [3.05, 3.63) is 28.8 Å². The molecule has 0 fully saturated rings. The van der Waals surface area contributed by atoms with Gasteiger partial charge in [0.1, 0.15) is 11.4 Å². The van der Waals surface area contributed by atoms with E-state index in [-0.39, 0.29) is 6.61 Å². The van der Waals surface area contributed by atoms with E-state index in [1.54, 1.807) is 14.2 Å². The summed E-state index contributed by atoms with van der Waals surface area (Å²) in [5.41, 5.74) is 7.45. The lowest BCUT2D eigenvalue weighted by Gasteiger charge is -2.30. The third-order valence-corrected chi connectivity index (χ3v) is 3.56. The average molecular weight is 267 g/mol. The molecular formula is C15H25NO3. The standard InChI is InChI=1S/C15H25NO3/c1-11-6-7-13(14(19-4)12(11)2)15(17,10-18-3)8-5-9-16/h6-7,17H,5,8-10,16H2,1-4H3. The van der Waals surface area contributed by atoms with E-state index in [9.17, 15) is 5.11 Å². The maximum Gasteiger partial charge on any atom is 0.128 e. The van der Waals surface area contributed by atoms with E-state index in [4.69, 9.17) is 15.2 Å². The zero-order chi connectivity index (χ0) is 14.5. The number of hydrogen-bond acceptors (Lipinski definition) is 4. The molecule has 1 unspecified atom stereocenters. The smallest absolute Gasteiger partial charge is 0.128 e. The van der Waals surface area contributed by atoms with E-state index in [2.05, 4.69) is 0 Å². The van der Waals surface area contributed by atoms with Crippen LogP contribution in [0.5, 0.6) is 5.75 Å². The van der Waals surface area contributed by atoms with E-state index in [0.717, 1.165) is 28.9 Å². The number of rotatable bonds is 7. The van der Waals surface area contributed by atoms with E-state index < -0.39 is 5.60 Å². The summed E-state index contributed by atoms with van der Waals surface area (Å²) in [6, 6.07) is 3.91. The van der Waals surface area contributed by atoms with Crippen molar-refractivity contribution in [3.8, 4) is 5.75 Å². The van der Waals surface area contributed by atoms with E-state index >= 15 is 0 Å². The third kappa shape index (κ3) is 3.47. The van der Waals surface area contributed by atoms with Gasteiger partial charge in [-0.15, -0.1) is 0 Å². The molecule has 108 valence electrons. The van der Waals surface area contributed by atoms with Gasteiger partial charge in [0.05, 0.1) is 13.7 Å². The topological polar surface area (TPSA) is 64.7 Å². The van der Waals surface area contributed by atoms with Crippen molar-refractivity contribution in [2.45, 2.75) is 32.3 Å². The lowest BCUT2D eigenvalue weighted by Crippen LogP contribution is -2.32. The summed E-state index contributed by atoms with van der Waals surface area (Å²) in [6.07, 6.45) is 1.28. The van der Waals surface area contributed by atoms with E-state index in [1.165, 1.54) is 0 Å². The Morgan fingerprint density at radius 3 is 2.47 bits per heavy atom. The van der Waals surface area contributed by atoms with Gasteiger partial charge in [0.25, 0.3) is 0 Å². The molecule has 0 amide bonds. The minimum Gasteiger partial charge on any atom is -0.496 e. The third-order valence-electron chi connectivity index (χ3n) is 3.56. The molecular weight excluding hydrogens is 242 g/mol. The van der Waals surface area contributed by atoms with Crippen LogP contribution in [0, 0.1) is 13.8 Å². The second kappa shape index (κ2) is 6.89. The number of benzene rings is 1. The van der Waals surface area contributed by atoms with E-state index in [0.29, 0.717) is 13.0 Å². The maximum absolute atomic E-state index is 10.9. The summed E-state index contributed by atoms with van der Waals surface area (Å²) in [7, 11) is 3.21. The molecule has 3 N–H and O–H groups in total. The summed E-state index contributed by atoms with van der Waals surface area (Å²) in [5.74, 6) is 0.733. The molecule has 4 heteroatoms. The van der Waals surface area contributed by atoms with Crippen LogP contribution in [0.15, 0.2) is 12.1 Å². The van der Waals surface area contributed by atoms with Crippen LogP contribution in [0.3, 0.4) is 0 Å². The van der Waals surface area contributed by atoms with Gasteiger partial charge in [-0.25, -0.2) is 0 Å². The number of nitrogens with two attached hydrogens (primary N) is 1. The molecule has 1 rings (SSSR count). The Morgan fingerprint density at radius 1 is 1.26 bits per heavy atom. The number of aliphatic hydroxyl groups is 1. The highest BCUT2D eigenvalue weighted by molar-refractivity contribution is 5.48. The van der Waals surface area contributed by atoms with Crippen molar-refractivity contribution >= 4 is 0 Å². The van der Waals surface area contributed by atoms with Crippen molar-refractivity contribution in [2.24, 2.45) is 5.73 Å². The second-order valence-electron chi connectivity index (χ2n) is 4.95. The molecule has 0 aliphatic heterocycles. The van der Waals surface area contributed by atoms with Gasteiger partial charge < -0.3 is 20.3 Å². The molecule has 0 radical (unpaired) electrons. The number of ether oxygens (including phenoxy) is 2. The van der Waals surface area contributed by atoms with Gasteiger partial charge in [-0.2, -0.15) is 0 Å². The zero-order valence-electron chi connectivity index (χ0n) is 12.3. The Morgan fingerprint density at radius 2 is 1.95 bits per heavy atom. The number of methoxy groups -OCH3 is 2. The average Bonchev–Trinajstić information content (AvgIpc) is 2.39. The molecule has 4 nitrogen and oxygen atoms in total. The Labute approximate surface area is 115 Å². The van der Waals surface area contributed by atoms with Crippen molar-refractivity contribution in [2.75, 3.05) is 27.4 Å². The highest BCUT2D eigenvalue weighted by Crippen LogP contribution is 2.37. The molecule has 0 spiro atoms. The van der Waals surface area contributed by atoms with Crippen molar-refractivity contribution in [1.82, 2.24) is 0 Å². The lowest BCUT2D eigenvalue weighted by molar-refractivity contribution is -0.0443. The first-order valence-corrected chi connectivity index (χ1v) is 6.56. The normalized spacial score (nSPS) is 14.2. The minimum absolute atomic E-state index is 0.228. The molecule has 19 heavy (non-hydrogen) atoms. The van der Waals surface area contributed by atoms with Gasteiger partial charge >= 0.3 is 0 Å². The predicted octanol–water partition coefficient (Wildman–Crippen LogP) is 1.88. The van der Waals surface area contributed by atoms with Crippen LogP contribution in [-0.2, 0) is 10.3 Å². The van der Waals surface area contributed by atoms with Crippen LogP contribution in [-0.4, -0.2) is 32.5 Å². The van der Waals surface area contributed by atoms with Crippen LogP contribution in [0.25, 0.3) is 0 Å². The SMILES string of the molecule is COCC(O)(CCCN)c1ccc(C)c(C)c1OC. The van der Waals surface area contributed by atoms with Gasteiger partial charge in [-0.05, 0) is 44.4 Å². The van der Waals surface area contributed by atoms with Crippen LogP contribution >= 0.6 is 0 Å². The predicted molar refractivity (Wildman–Crippen MR) is 76.5 cm³/mol. The van der Waals surface area contributed by atoms with Crippen LogP contribution < -0.4 is 10.5 Å². The van der Waals surface area contributed by atoms with Gasteiger partial charge in [-0.1, -0.05) is 12.1 Å². The first kappa shape index (κ1) is 16.0. The van der Waals surface area contributed by atoms with Crippen molar-refractivity contribution in [1.29, 1.82) is 0 Å². The molecule has 1 atom stereocenters. The summed E-state index contributed by atoms with van der Waals surface area (Å²) in [6.45, 7) is 4.79. The fourth-order valence-electron chi connectivity index (χ4n) is 2.34. The quantitative estimate of drug-likeness (QED) is 0.792. The Bertz CT molecular complexity index is 420. The molecule has 0 aromatic heterocycles. The van der Waals surface area contributed by atoms with Gasteiger partial charge in [0, 0.05) is 12.7 Å². The molecule has 1 aromatic carbocycles. The highest BCUT2D eigenvalue weighted by atomic mass is 16.5. The molecule has 0 saturated heterocycles. The van der Waals surface area contributed by atoms with Gasteiger partial charge in [0.15, 0.2) is 0 Å². The zero-order valence-corrected chi connectivity index (χ0v) is 12.3. The first-order valence-electron chi connectivity index (χ1n) is 6.56. The highest BCUT2D eigenvalue weighted by Gasteiger charge is 2.32. The Hall–Kier alpha value is -1.10. The molecule has 0 bridgehead atoms. The summed E-state index contributed by atoms with van der Waals surface area (Å²) < 4.78 is 10.7. The number of hydrogen-bond donors (Lipinski definition) is 2. The summed E-state index contributed by atoms with van der Waals surface area (Å²) >= 11 is 0. The second-order valence-corrected chi connectivity index (χ2v) is 4.95. The molecule has 0 heterocycles. The summed E-state index contributed by atoms with van der Waals surface area (Å²) in [4.78, 5) is 0. The summed E-state index contributed by atoms with van der Waals surface area (Å²) in [5, 5.41) is 10.9. The largest absolute Gasteiger partial charge is 0.496 e. The monoisotopic (exact) mass is 267 g/mol. The number of aryl methyl sites for hydroxylation is 1. The maximum atomic E-state index is 10.9. The Balaban J connectivity index is 3.25. The van der Waals surface area contributed by atoms with Gasteiger partial charge in [-0.3, -0.25) is 0 Å².